The van der Waals surface area contributed by atoms with Gasteiger partial charge >= 0.3 is 11.9 Å². The van der Waals surface area contributed by atoms with Gasteiger partial charge in [-0.15, -0.1) is 0 Å². The summed E-state index contributed by atoms with van der Waals surface area (Å²) in [6.07, 6.45) is 1.51. The third-order valence-electron chi connectivity index (χ3n) is 5.50. The summed E-state index contributed by atoms with van der Waals surface area (Å²) in [5.74, 6) is -0.474. The number of carbonyl (C=O) groups excluding carboxylic acids is 2. The maximum absolute atomic E-state index is 13.1. The number of esters is 2. The fraction of sp³-hybridized carbons (Fsp3) is 0.133. The van der Waals surface area contributed by atoms with E-state index in [2.05, 4.69) is 6.92 Å². The number of hydrogen-bond donors (Lipinski definition) is 0. The molecule has 0 amide bonds. The maximum Gasteiger partial charge on any atom is 0.343 e. The molecule has 0 N–H and O–H groups in total. The van der Waals surface area contributed by atoms with Gasteiger partial charge < -0.3 is 9.47 Å². The number of benzene rings is 4. The van der Waals surface area contributed by atoms with E-state index in [1.807, 2.05) is 55.5 Å². The van der Waals surface area contributed by atoms with Crippen molar-refractivity contribution >= 4 is 11.9 Å². The number of rotatable bonds is 7. The summed E-state index contributed by atoms with van der Waals surface area (Å²) in [7, 11) is 0. The van der Waals surface area contributed by atoms with Gasteiger partial charge in [-0.3, -0.25) is 0 Å². The molecular weight excluding hydrogens is 424 g/mol. The largest absolute Gasteiger partial charge is 0.419 e. The van der Waals surface area contributed by atoms with Crippen molar-refractivity contribution in [3.8, 4) is 22.6 Å². The molecule has 170 valence electrons. The lowest BCUT2D eigenvalue weighted by atomic mass is 9.94. The molecule has 4 heteroatoms. The van der Waals surface area contributed by atoms with Crippen molar-refractivity contribution in [1.82, 2.24) is 0 Å². The fourth-order valence-corrected chi connectivity index (χ4v) is 3.92. The van der Waals surface area contributed by atoms with Crippen LogP contribution in [-0.2, 0) is 6.42 Å². The Kier molecular flexibility index (Phi) is 7.19. The fourth-order valence-electron chi connectivity index (χ4n) is 3.92. The summed E-state index contributed by atoms with van der Waals surface area (Å²) in [6.45, 7) is 4.03. The van der Waals surface area contributed by atoms with Crippen LogP contribution in [0.15, 0.2) is 97.1 Å². The first-order valence-electron chi connectivity index (χ1n) is 11.3. The summed E-state index contributed by atoms with van der Waals surface area (Å²) in [5, 5.41) is 0. The average molecular weight is 451 g/mol. The highest BCUT2D eigenvalue weighted by atomic mass is 16.6. The zero-order chi connectivity index (χ0) is 23.9. The summed E-state index contributed by atoms with van der Waals surface area (Å²) in [5.41, 5.74) is 4.19. The zero-order valence-electron chi connectivity index (χ0n) is 19.3. The summed E-state index contributed by atoms with van der Waals surface area (Å²) < 4.78 is 12.0. The van der Waals surface area contributed by atoms with Gasteiger partial charge in [0.15, 0.2) is 11.5 Å². The van der Waals surface area contributed by atoms with Crippen LogP contribution in [0.3, 0.4) is 0 Å². The Labute approximate surface area is 199 Å². The van der Waals surface area contributed by atoms with Gasteiger partial charge in [-0.25, -0.2) is 9.59 Å². The van der Waals surface area contributed by atoms with Gasteiger partial charge in [0, 0.05) is 5.56 Å². The molecule has 0 aliphatic rings. The van der Waals surface area contributed by atoms with Crippen LogP contribution in [0, 0.1) is 6.92 Å². The Morgan fingerprint density at radius 2 is 1.15 bits per heavy atom. The highest BCUT2D eigenvalue weighted by molar-refractivity contribution is 5.95. The Hall–Kier alpha value is -4.18. The number of hydrogen-bond acceptors (Lipinski definition) is 4. The molecule has 0 saturated heterocycles. The smallest absolute Gasteiger partial charge is 0.343 e. The Morgan fingerprint density at radius 1 is 0.676 bits per heavy atom. The summed E-state index contributed by atoms with van der Waals surface area (Å²) in [4.78, 5) is 26.2. The molecule has 0 aliphatic carbocycles. The van der Waals surface area contributed by atoms with Gasteiger partial charge in [-0.2, -0.15) is 0 Å². The SMILES string of the molecule is CCCc1cc(C)c(-c2ccccc2)c(OC(=O)c2ccccc2)c1OC(=O)c1ccccc1. The second-order valence-electron chi connectivity index (χ2n) is 8.01. The van der Waals surface area contributed by atoms with Crippen molar-refractivity contribution in [3.63, 3.8) is 0 Å². The van der Waals surface area contributed by atoms with Crippen LogP contribution in [0.1, 0.15) is 45.2 Å². The molecule has 0 aromatic heterocycles. The molecule has 4 aromatic carbocycles. The van der Waals surface area contributed by atoms with Crippen molar-refractivity contribution in [2.24, 2.45) is 0 Å². The van der Waals surface area contributed by atoms with E-state index in [9.17, 15) is 9.59 Å². The minimum absolute atomic E-state index is 0.257. The Morgan fingerprint density at radius 3 is 1.65 bits per heavy atom. The lowest BCUT2D eigenvalue weighted by Crippen LogP contribution is -2.15. The quantitative estimate of drug-likeness (QED) is 0.224. The van der Waals surface area contributed by atoms with Gasteiger partial charge in [0.05, 0.1) is 11.1 Å². The highest BCUT2D eigenvalue weighted by Crippen LogP contribution is 2.44. The van der Waals surface area contributed by atoms with E-state index in [0.29, 0.717) is 17.5 Å². The molecular formula is C30H26O4. The molecule has 0 fully saturated rings. The van der Waals surface area contributed by atoms with E-state index in [4.69, 9.17) is 9.47 Å². The molecule has 0 bridgehead atoms. The molecule has 4 nitrogen and oxygen atoms in total. The second kappa shape index (κ2) is 10.6. The maximum atomic E-state index is 13.1. The van der Waals surface area contributed by atoms with E-state index in [0.717, 1.165) is 28.7 Å². The van der Waals surface area contributed by atoms with Crippen LogP contribution in [0.25, 0.3) is 11.1 Å². The summed E-state index contributed by atoms with van der Waals surface area (Å²) >= 11 is 0. The predicted octanol–water partition coefficient (Wildman–Crippen LogP) is 7.05. The summed E-state index contributed by atoms with van der Waals surface area (Å²) in [6, 6.07) is 29.3. The standard InChI is InChI=1S/C30H26O4/c1-3-13-25-20-21(2)26(22-14-7-4-8-15-22)28(34-30(32)24-18-11-6-12-19-24)27(25)33-29(31)23-16-9-5-10-17-23/h4-12,14-20H,3,13H2,1-2H3. The predicted molar refractivity (Wildman–Crippen MR) is 133 cm³/mol. The topological polar surface area (TPSA) is 52.6 Å². The zero-order valence-corrected chi connectivity index (χ0v) is 19.3. The molecule has 0 aliphatic heterocycles. The van der Waals surface area contributed by atoms with Gasteiger partial charge in [0.25, 0.3) is 0 Å². The first-order chi connectivity index (χ1) is 16.6. The van der Waals surface area contributed by atoms with Gasteiger partial charge in [0.1, 0.15) is 0 Å². The minimum atomic E-state index is -0.511. The van der Waals surface area contributed by atoms with E-state index < -0.39 is 11.9 Å². The molecule has 0 unspecified atom stereocenters. The van der Waals surface area contributed by atoms with E-state index >= 15 is 0 Å². The lowest BCUT2D eigenvalue weighted by molar-refractivity contribution is 0.0681. The Bertz CT molecular complexity index is 1280. The highest BCUT2D eigenvalue weighted by Gasteiger charge is 2.25. The molecule has 0 saturated carbocycles. The normalized spacial score (nSPS) is 10.5. The molecule has 4 aromatic rings. The monoisotopic (exact) mass is 450 g/mol. The lowest BCUT2D eigenvalue weighted by Gasteiger charge is -2.20. The van der Waals surface area contributed by atoms with Crippen LogP contribution in [-0.4, -0.2) is 11.9 Å². The Balaban J connectivity index is 1.89. The van der Waals surface area contributed by atoms with Crippen molar-refractivity contribution < 1.29 is 19.1 Å². The van der Waals surface area contributed by atoms with Crippen molar-refractivity contribution in [2.75, 3.05) is 0 Å². The van der Waals surface area contributed by atoms with Crippen LogP contribution in [0.2, 0.25) is 0 Å². The average Bonchev–Trinajstić information content (AvgIpc) is 2.87. The molecule has 0 spiro atoms. The van der Waals surface area contributed by atoms with Crippen molar-refractivity contribution in [3.05, 3.63) is 119 Å². The van der Waals surface area contributed by atoms with E-state index in [-0.39, 0.29) is 11.5 Å². The first-order valence-corrected chi connectivity index (χ1v) is 11.3. The number of aryl methyl sites for hydroxylation is 2. The number of carbonyl (C=O) groups is 2. The third-order valence-corrected chi connectivity index (χ3v) is 5.50. The van der Waals surface area contributed by atoms with E-state index in [1.54, 1.807) is 48.5 Å². The molecule has 0 atom stereocenters. The van der Waals surface area contributed by atoms with Crippen LogP contribution < -0.4 is 9.47 Å². The molecule has 34 heavy (non-hydrogen) atoms. The third kappa shape index (κ3) is 5.07. The first kappa shape index (κ1) is 23.0. The molecule has 0 radical (unpaired) electrons. The minimum Gasteiger partial charge on any atom is -0.419 e. The van der Waals surface area contributed by atoms with Crippen LogP contribution in [0.4, 0.5) is 0 Å². The van der Waals surface area contributed by atoms with Crippen LogP contribution in [0.5, 0.6) is 11.5 Å². The van der Waals surface area contributed by atoms with E-state index in [1.165, 1.54) is 0 Å². The molecule has 0 heterocycles. The van der Waals surface area contributed by atoms with Gasteiger partial charge in [-0.1, -0.05) is 86.1 Å². The second-order valence-corrected chi connectivity index (χ2v) is 8.01. The van der Waals surface area contributed by atoms with Crippen molar-refractivity contribution in [1.29, 1.82) is 0 Å². The van der Waals surface area contributed by atoms with Gasteiger partial charge in [0.2, 0.25) is 0 Å². The van der Waals surface area contributed by atoms with Gasteiger partial charge in [-0.05, 0) is 54.3 Å². The number of ether oxygens (including phenoxy) is 2. The molecule has 4 rings (SSSR count). The van der Waals surface area contributed by atoms with Crippen LogP contribution >= 0.6 is 0 Å². The van der Waals surface area contributed by atoms with Crippen molar-refractivity contribution in [2.45, 2.75) is 26.7 Å².